The first-order valence-corrected chi connectivity index (χ1v) is 12.1. The Morgan fingerprint density at radius 3 is 2.61 bits per heavy atom. The van der Waals surface area contributed by atoms with Crippen molar-refractivity contribution >= 4 is 44.9 Å². The zero-order valence-corrected chi connectivity index (χ0v) is 20.8. The number of fused-ring (bicyclic) bond motifs is 1. The molecule has 1 aliphatic heterocycles. The highest BCUT2D eigenvalue weighted by Crippen LogP contribution is 2.35. The Morgan fingerprint density at radius 2 is 1.88 bits per heavy atom. The molecule has 1 fully saturated rings. The predicted molar refractivity (Wildman–Crippen MR) is 134 cm³/mol. The molecule has 0 bridgehead atoms. The van der Waals surface area contributed by atoms with Gasteiger partial charge in [-0.15, -0.1) is 11.3 Å². The van der Waals surface area contributed by atoms with E-state index in [1.165, 1.54) is 10.4 Å². The van der Waals surface area contributed by atoms with Crippen LogP contribution in [0.2, 0.25) is 0 Å². The Kier molecular flexibility index (Phi) is 6.65. The summed E-state index contributed by atoms with van der Waals surface area (Å²) in [6, 6.07) is 5.95. The van der Waals surface area contributed by atoms with Gasteiger partial charge in [-0.05, 0) is 63.3 Å². The van der Waals surface area contributed by atoms with Crippen LogP contribution >= 0.6 is 11.3 Å². The first-order valence-electron chi connectivity index (χ1n) is 11.3. The summed E-state index contributed by atoms with van der Waals surface area (Å²) in [4.78, 5) is 40.7. The molecule has 0 radical (unpaired) electrons. The standard InChI is InChI=1S/C25H31N5O2S/c1-15-6-7-16(2)20(12-15)28-21(31)13-29(5)25(32)19-8-10-30(11-9-19)23-22-17(3)18(4)33-24(22)27-14-26-23/h6-7,12,14,19H,8-11,13H2,1-5H3,(H,28,31). The first kappa shape index (κ1) is 23.2. The van der Waals surface area contributed by atoms with Crippen LogP contribution in [0.3, 0.4) is 0 Å². The summed E-state index contributed by atoms with van der Waals surface area (Å²) in [7, 11) is 1.71. The van der Waals surface area contributed by atoms with Gasteiger partial charge in [-0.1, -0.05) is 12.1 Å². The van der Waals surface area contributed by atoms with E-state index in [4.69, 9.17) is 0 Å². The van der Waals surface area contributed by atoms with Gasteiger partial charge in [0, 0.05) is 36.6 Å². The lowest BCUT2D eigenvalue weighted by molar-refractivity contribution is -0.137. The first-order chi connectivity index (χ1) is 15.7. The molecule has 8 heteroatoms. The fourth-order valence-electron chi connectivity index (χ4n) is 4.41. The van der Waals surface area contributed by atoms with Crippen molar-refractivity contribution in [3.63, 3.8) is 0 Å². The van der Waals surface area contributed by atoms with Gasteiger partial charge in [-0.3, -0.25) is 9.59 Å². The van der Waals surface area contributed by atoms with Gasteiger partial charge >= 0.3 is 0 Å². The number of hydrogen-bond acceptors (Lipinski definition) is 6. The zero-order chi connectivity index (χ0) is 23.7. The van der Waals surface area contributed by atoms with Crippen molar-refractivity contribution < 1.29 is 9.59 Å². The van der Waals surface area contributed by atoms with E-state index in [0.29, 0.717) is 0 Å². The number of aromatic nitrogens is 2. The van der Waals surface area contributed by atoms with Crippen LogP contribution in [-0.2, 0) is 9.59 Å². The minimum atomic E-state index is -0.177. The fourth-order valence-corrected chi connectivity index (χ4v) is 5.40. The molecule has 7 nitrogen and oxygen atoms in total. The van der Waals surface area contributed by atoms with Crippen molar-refractivity contribution in [1.29, 1.82) is 0 Å². The highest BCUT2D eigenvalue weighted by atomic mass is 32.1. The molecular formula is C25H31N5O2S. The number of piperidine rings is 1. The SMILES string of the molecule is Cc1ccc(C)c(NC(=O)CN(C)C(=O)C2CCN(c3ncnc4sc(C)c(C)c34)CC2)c1. The van der Waals surface area contributed by atoms with Gasteiger partial charge in [0.05, 0.1) is 11.9 Å². The molecule has 1 aromatic carbocycles. The van der Waals surface area contributed by atoms with Crippen LogP contribution in [0.25, 0.3) is 10.2 Å². The van der Waals surface area contributed by atoms with E-state index in [-0.39, 0.29) is 24.3 Å². The molecule has 1 saturated heterocycles. The largest absolute Gasteiger partial charge is 0.356 e. The molecular weight excluding hydrogens is 434 g/mol. The Hall–Kier alpha value is -3.00. The fraction of sp³-hybridized carbons (Fsp3) is 0.440. The summed E-state index contributed by atoms with van der Waals surface area (Å²) in [6.45, 7) is 9.76. The second-order valence-corrected chi connectivity index (χ2v) is 10.2. The molecule has 4 rings (SSSR count). The monoisotopic (exact) mass is 465 g/mol. The van der Waals surface area contributed by atoms with E-state index >= 15 is 0 Å². The number of carbonyl (C=O) groups excluding carboxylic acids is 2. The average molecular weight is 466 g/mol. The van der Waals surface area contributed by atoms with Crippen LogP contribution in [0, 0.1) is 33.6 Å². The van der Waals surface area contributed by atoms with E-state index in [1.807, 2.05) is 32.0 Å². The van der Waals surface area contributed by atoms with Crippen LogP contribution in [-0.4, -0.2) is 53.4 Å². The lowest BCUT2D eigenvalue weighted by atomic mass is 9.95. The van der Waals surface area contributed by atoms with Crippen molar-refractivity contribution in [2.45, 2.75) is 40.5 Å². The summed E-state index contributed by atoms with van der Waals surface area (Å²) >= 11 is 1.70. The number of thiophene rings is 1. The minimum Gasteiger partial charge on any atom is -0.356 e. The molecule has 174 valence electrons. The number of hydrogen-bond donors (Lipinski definition) is 1. The maximum atomic E-state index is 13.0. The molecule has 0 unspecified atom stereocenters. The van der Waals surface area contributed by atoms with E-state index in [1.54, 1.807) is 29.6 Å². The molecule has 0 saturated carbocycles. The maximum absolute atomic E-state index is 13.0. The van der Waals surface area contributed by atoms with Gasteiger partial charge in [0.2, 0.25) is 11.8 Å². The van der Waals surface area contributed by atoms with Gasteiger partial charge in [0.1, 0.15) is 17.0 Å². The Bertz CT molecular complexity index is 1200. The smallest absolute Gasteiger partial charge is 0.243 e. The van der Waals surface area contributed by atoms with Crippen LogP contribution < -0.4 is 10.2 Å². The highest BCUT2D eigenvalue weighted by molar-refractivity contribution is 7.18. The van der Waals surface area contributed by atoms with E-state index in [2.05, 4.69) is 34.0 Å². The zero-order valence-electron chi connectivity index (χ0n) is 19.9. The molecule has 0 spiro atoms. The molecule has 3 aromatic rings. The summed E-state index contributed by atoms with van der Waals surface area (Å²) in [6.07, 6.45) is 3.12. The quantitative estimate of drug-likeness (QED) is 0.610. The van der Waals surface area contributed by atoms with Gasteiger partial charge in [0.25, 0.3) is 0 Å². The summed E-state index contributed by atoms with van der Waals surface area (Å²) in [5.41, 5.74) is 4.12. The molecule has 2 amide bonds. The Labute approximate surface area is 198 Å². The number of likely N-dealkylation sites (N-methyl/N-ethyl adjacent to an activating group) is 1. The van der Waals surface area contributed by atoms with Crippen molar-refractivity contribution in [3.05, 3.63) is 46.1 Å². The number of rotatable bonds is 5. The third-order valence-electron chi connectivity index (χ3n) is 6.51. The van der Waals surface area contributed by atoms with Crippen LogP contribution in [0.5, 0.6) is 0 Å². The normalized spacial score (nSPS) is 14.5. The number of carbonyl (C=O) groups is 2. The second-order valence-electron chi connectivity index (χ2n) is 8.98. The molecule has 0 atom stereocenters. The highest BCUT2D eigenvalue weighted by Gasteiger charge is 2.29. The van der Waals surface area contributed by atoms with Crippen molar-refractivity contribution in [1.82, 2.24) is 14.9 Å². The summed E-state index contributed by atoms with van der Waals surface area (Å²) in [5, 5.41) is 4.07. The number of nitrogens with one attached hydrogen (secondary N) is 1. The van der Waals surface area contributed by atoms with E-state index in [0.717, 1.165) is 58.8 Å². The van der Waals surface area contributed by atoms with Crippen LogP contribution in [0.15, 0.2) is 24.5 Å². The van der Waals surface area contributed by atoms with Gasteiger partial charge in [-0.2, -0.15) is 0 Å². The number of nitrogens with zero attached hydrogens (tertiary/aromatic N) is 4. The van der Waals surface area contributed by atoms with Crippen LogP contribution in [0.1, 0.15) is 34.4 Å². The van der Waals surface area contributed by atoms with Gasteiger partial charge < -0.3 is 15.1 Å². The molecule has 2 aromatic heterocycles. The molecule has 1 N–H and O–H groups in total. The number of anilines is 2. The molecule has 0 aliphatic carbocycles. The number of amides is 2. The van der Waals surface area contributed by atoms with Gasteiger partial charge in [0.15, 0.2) is 0 Å². The molecule has 1 aliphatic rings. The minimum absolute atomic E-state index is 0.0288. The van der Waals surface area contributed by atoms with E-state index < -0.39 is 0 Å². The maximum Gasteiger partial charge on any atom is 0.243 e. The van der Waals surface area contributed by atoms with Crippen molar-refractivity contribution in [2.75, 3.05) is 36.9 Å². The number of benzene rings is 1. The summed E-state index contributed by atoms with van der Waals surface area (Å²) in [5.74, 6) is 0.737. The lowest BCUT2D eigenvalue weighted by Gasteiger charge is -2.34. The average Bonchev–Trinajstić information content (AvgIpc) is 3.09. The van der Waals surface area contributed by atoms with E-state index in [9.17, 15) is 9.59 Å². The molecule has 33 heavy (non-hydrogen) atoms. The van der Waals surface area contributed by atoms with Crippen LogP contribution in [0.4, 0.5) is 11.5 Å². The molecule has 3 heterocycles. The third-order valence-corrected chi connectivity index (χ3v) is 7.63. The van der Waals surface area contributed by atoms with Crippen molar-refractivity contribution in [3.8, 4) is 0 Å². The Balaban J connectivity index is 1.35. The predicted octanol–water partition coefficient (Wildman–Crippen LogP) is 4.24. The topological polar surface area (TPSA) is 78.4 Å². The summed E-state index contributed by atoms with van der Waals surface area (Å²) < 4.78 is 0. The van der Waals surface area contributed by atoms with Crippen molar-refractivity contribution in [2.24, 2.45) is 5.92 Å². The Morgan fingerprint density at radius 1 is 1.15 bits per heavy atom. The second kappa shape index (κ2) is 9.47. The number of aryl methyl sites for hydroxylation is 4. The lowest BCUT2D eigenvalue weighted by Crippen LogP contribution is -2.43. The third kappa shape index (κ3) is 4.85. The van der Waals surface area contributed by atoms with Gasteiger partial charge in [-0.25, -0.2) is 9.97 Å².